The van der Waals surface area contributed by atoms with Gasteiger partial charge in [-0.3, -0.25) is 0 Å². The molecule has 0 saturated heterocycles. The van der Waals surface area contributed by atoms with Gasteiger partial charge in [-0.2, -0.15) is 0 Å². The van der Waals surface area contributed by atoms with Gasteiger partial charge in [0.15, 0.2) is 0 Å². The van der Waals surface area contributed by atoms with Gasteiger partial charge in [-0.25, -0.2) is 25.7 Å². The first kappa shape index (κ1) is 7.52. The molecule has 2 rings (SSSR count). The molecule has 0 bridgehead atoms. The second kappa shape index (κ2) is 4.67. The van der Waals surface area contributed by atoms with Gasteiger partial charge in [-0.15, -0.1) is 0 Å². The molecule has 2 aliphatic rings. The predicted octanol–water partition coefficient (Wildman–Crippen LogP) is 1.97. The molecule has 0 amide bonds. The summed E-state index contributed by atoms with van der Waals surface area (Å²) in [6.45, 7) is 0. The first-order valence-corrected chi connectivity index (χ1v) is 2.63. The van der Waals surface area contributed by atoms with Crippen LogP contribution in [-0.4, -0.2) is 0 Å². The normalized spacial score (nSPS) is 20.6. The molecule has 0 nitrogen and oxygen atoms in total. The fourth-order valence-corrected chi connectivity index (χ4v) is 0. The third kappa shape index (κ3) is 21.0. The molecule has 0 heterocycles. The van der Waals surface area contributed by atoms with Crippen molar-refractivity contribution < 1.29 is 17.1 Å². The van der Waals surface area contributed by atoms with Crippen molar-refractivity contribution in [2.24, 2.45) is 0 Å². The van der Waals surface area contributed by atoms with Gasteiger partial charge in [-0.1, -0.05) is 0 Å². The van der Waals surface area contributed by atoms with Crippen LogP contribution in [0, 0.1) is 12.8 Å². The van der Waals surface area contributed by atoms with E-state index >= 15 is 0 Å². The number of hydrogen-bond donors (Lipinski definition) is 0. The van der Waals surface area contributed by atoms with Crippen molar-refractivity contribution in [1.29, 1.82) is 0 Å². The van der Waals surface area contributed by atoms with E-state index in [1.54, 1.807) is 0 Å². The maximum absolute atomic E-state index is 2.25. The molecule has 0 unspecified atom stereocenters. The fourth-order valence-electron chi connectivity index (χ4n) is 0. The van der Waals surface area contributed by atoms with Gasteiger partial charge in [0.1, 0.15) is 0 Å². The molecule has 0 aromatic carbocycles. The first-order chi connectivity index (χ1) is 3.00. The molecule has 0 atom stereocenters. The summed E-state index contributed by atoms with van der Waals surface area (Å²) in [4.78, 5) is 0. The van der Waals surface area contributed by atoms with Crippen molar-refractivity contribution in [2.45, 2.75) is 25.7 Å². The van der Waals surface area contributed by atoms with E-state index in [0.717, 1.165) is 0 Å². The minimum absolute atomic E-state index is 0. The van der Waals surface area contributed by atoms with Crippen LogP contribution in [0.3, 0.4) is 0 Å². The van der Waals surface area contributed by atoms with E-state index in [-0.39, 0.29) is 17.1 Å². The van der Waals surface area contributed by atoms with Crippen LogP contribution in [0.2, 0.25) is 0 Å². The Kier molecular flexibility index (Phi) is 5.02. The summed E-state index contributed by atoms with van der Waals surface area (Å²) in [5.74, 6) is 0. The van der Waals surface area contributed by atoms with Crippen LogP contribution >= 0.6 is 0 Å². The average Bonchev–Trinajstić information content (AvgIpc) is 2.31. The smallest absolute Gasteiger partial charge is 0.333 e. The van der Waals surface area contributed by atoms with Gasteiger partial charge in [0, 0.05) is 0 Å². The van der Waals surface area contributed by atoms with Crippen molar-refractivity contribution >= 4 is 0 Å². The van der Waals surface area contributed by atoms with E-state index in [0.29, 0.717) is 0 Å². The van der Waals surface area contributed by atoms with Crippen LogP contribution in [0.5, 0.6) is 0 Å². The zero-order valence-electron chi connectivity index (χ0n) is 4.34. The zero-order chi connectivity index (χ0) is 4.24. The van der Waals surface area contributed by atoms with Gasteiger partial charge in [0.25, 0.3) is 0 Å². The summed E-state index contributed by atoms with van der Waals surface area (Å²) in [6, 6.07) is 0. The predicted molar refractivity (Wildman–Crippen MR) is 27.1 cm³/mol. The molecule has 7 heavy (non-hydrogen) atoms. The first-order valence-electron chi connectivity index (χ1n) is 2.63. The largest absolute Gasteiger partial charge is 2.00 e. The quantitative estimate of drug-likeness (QED) is 0.354. The standard InChI is InChI=1S/2C3H5.Fe/c2*1-2-3-1;/h2*1H,2-3H2;/q2*-1;+2. The van der Waals surface area contributed by atoms with Crippen LogP contribution < -0.4 is 0 Å². The van der Waals surface area contributed by atoms with E-state index < -0.39 is 0 Å². The molecule has 0 spiro atoms. The molecule has 0 N–H and O–H groups in total. The van der Waals surface area contributed by atoms with Crippen LogP contribution in [0.25, 0.3) is 0 Å². The Bertz CT molecular complexity index is 19.7. The summed E-state index contributed by atoms with van der Waals surface area (Å²) in [6.07, 6.45) is 10.0. The van der Waals surface area contributed by atoms with E-state index in [4.69, 9.17) is 0 Å². The Hall–Kier alpha value is 0.519. The molecular weight excluding hydrogens is 128 g/mol. The van der Waals surface area contributed by atoms with Crippen molar-refractivity contribution in [2.75, 3.05) is 0 Å². The van der Waals surface area contributed by atoms with Crippen molar-refractivity contribution in [1.82, 2.24) is 0 Å². The van der Waals surface area contributed by atoms with Crippen LogP contribution in [0.15, 0.2) is 0 Å². The molecule has 42 valence electrons. The topological polar surface area (TPSA) is 0 Å². The van der Waals surface area contributed by atoms with Gasteiger partial charge < -0.3 is 12.8 Å². The van der Waals surface area contributed by atoms with Crippen molar-refractivity contribution in [3.8, 4) is 0 Å². The Labute approximate surface area is 56.2 Å². The Balaban J connectivity index is 0.0000000900. The second-order valence-electron chi connectivity index (χ2n) is 1.73. The molecule has 2 fully saturated rings. The summed E-state index contributed by atoms with van der Waals surface area (Å²) in [5.41, 5.74) is 0. The minimum atomic E-state index is 0. The van der Waals surface area contributed by atoms with Crippen LogP contribution in [0.4, 0.5) is 0 Å². The van der Waals surface area contributed by atoms with Crippen molar-refractivity contribution in [3.63, 3.8) is 0 Å². The maximum Gasteiger partial charge on any atom is 2.00 e. The van der Waals surface area contributed by atoms with Crippen molar-refractivity contribution in [3.05, 3.63) is 12.8 Å². The second-order valence-corrected chi connectivity index (χ2v) is 1.73. The summed E-state index contributed by atoms with van der Waals surface area (Å²) < 4.78 is 0. The van der Waals surface area contributed by atoms with E-state index in [1.807, 2.05) is 0 Å². The van der Waals surface area contributed by atoms with E-state index in [2.05, 4.69) is 12.8 Å². The van der Waals surface area contributed by atoms with E-state index in [1.165, 1.54) is 25.7 Å². The van der Waals surface area contributed by atoms with Gasteiger partial charge >= 0.3 is 17.1 Å². The number of rotatable bonds is 0. The molecule has 0 aromatic rings. The minimum Gasteiger partial charge on any atom is -0.333 e. The summed E-state index contributed by atoms with van der Waals surface area (Å²) in [7, 11) is 0. The molecule has 0 aliphatic heterocycles. The summed E-state index contributed by atoms with van der Waals surface area (Å²) in [5, 5.41) is 0. The maximum atomic E-state index is 2.25. The average molecular weight is 138 g/mol. The Morgan fingerprint density at radius 3 is 0.857 bits per heavy atom. The fraction of sp³-hybridized carbons (Fsp3) is 0.667. The Morgan fingerprint density at radius 2 is 0.857 bits per heavy atom. The van der Waals surface area contributed by atoms with Gasteiger partial charge in [0.05, 0.1) is 0 Å². The van der Waals surface area contributed by atoms with E-state index in [9.17, 15) is 0 Å². The molecule has 1 heteroatoms. The third-order valence-electron chi connectivity index (χ3n) is 0.577. The molecule has 0 aromatic heterocycles. The molecule has 0 radical (unpaired) electrons. The zero-order valence-corrected chi connectivity index (χ0v) is 5.44. The third-order valence-corrected chi connectivity index (χ3v) is 0.577. The molecular formula is C6H10Fe. The SMILES string of the molecule is [CH-]1CC1.[CH-]1CC1.[Fe+2]. The van der Waals surface area contributed by atoms with Crippen LogP contribution in [-0.2, 0) is 17.1 Å². The van der Waals surface area contributed by atoms with Gasteiger partial charge in [0.2, 0.25) is 0 Å². The monoisotopic (exact) mass is 138 g/mol. The number of hydrogen-bond acceptors (Lipinski definition) is 0. The molecule has 2 saturated carbocycles. The summed E-state index contributed by atoms with van der Waals surface area (Å²) >= 11 is 0. The Morgan fingerprint density at radius 1 is 0.714 bits per heavy atom. The van der Waals surface area contributed by atoms with Gasteiger partial charge in [-0.05, 0) is 0 Å². The molecule has 2 aliphatic carbocycles. The van der Waals surface area contributed by atoms with Crippen LogP contribution in [0.1, 0.15) is 25.7 Å².